The molecule has 1 aromatic rings. The van der Waals surface area contributed by atoms with Crippen molar-refractivity contribution in [3.63, 3.8) is 0 Å². The Morgan fingerprint density at radius 2 is 2.38 bits per heavy atom. The van der Waals surface area contributed by atoms with Crippen LogP contribution in [0.4, 0.5) is 0 Å². The molecule has 1 atom stereocenters. The summed E-state index contributed by atoms with van der Waals surface area (Å²) in [6, 6.07) is 4.36. The van der Waals surface area contributed by atoms with E-state index in [0.717, 1.165) is 25.6 Å². The summed E-state index contributed by atoms with van der Waals surface area (Å²) in [5.41, 5.74) is 0. The summed E-state index contributed by atoms with van der Waals surface area (Å²) >= 11 is 1.87. The lowest BCUT2D eigenvalue weighted by molar-refractivity contribution is 0.198. The fourth-order valence-electron chi connectivity index (χ4n) is 1.70. The fraction of sp³-hybridized carbons (Fsp3) is 0.692. The van der Waals surface area contributed by atoms with Crippen LogP contribution in [0.3, 0.4) is 0 Å². The molecule has 0 aliphatic heterocycles. The number of hydrogen-bond acceptors (Lipinski definition) is 3. The van der Waals surface area contributed by atoms with E-state index in [-0.39, 0.29) is 0 Å². The number of aryl methyl sites for hydroxylation is 1. The van der Waals surface area contributed by atoms with Gasteiger partial charge in [0, 0.05) is 18.5 Å². The smallest absolute Gasteiger partial charge is 0.0587 e. The predicted molar refractivity (Wildman–Crippen MR) is 71.2 cm³/mol. The molecule has 92 valence electrons. The van der Waals surface area contributed by atoms with E-state index in [4.69, 9.17) is 4.74 Å². The monoisotopic (exact) mass is 241 g/mol. The van der Waals surface area contributed by atoms with Crippen molar-refractivity contribution in [3.05, 3.63) is 22.4 Å². The first-order valence-electron chi connectivity index (χ1n) is 6.05. The van der Waals surface area contributed by atoms with E-state index in [1.165, 1.54) is 24.1 Å². The molecule has 0 aliphatic carbocycles. The van der Waals surface area contributed by atoms with Gasteiger partial charge in [-0.3, -0.25) is 0 Å². The summed E-state index contributed by atoms with van der Waals surface area (Å²) < 4.78 is 4.99. The molecule has 0 radical (unpaired) electrons. The average molecular weight is 241 g/mol. The van der Waals surface area contributed by atoms with Gasteiger partial charge in [-0.15, -0.1) is 11.3 Å². The lowest BCUT2D eigenvalue weighted by Crippen LogP contribution is -2.24. The zero-order valence-corrected chi connectivity index (χ0v) is 11.2. The van der Waals surface area contributed by atoms with Gasteiger partial charge in [0.25, 0.3) is 0 Å². The summed E-state index contributed by atoms with van der Waals surface area (Å²) in [6.45, 7) is 5.19. The molecule has 1 heterocycles. The molecular formula is C13H23NOS. The topological polar surface area (TPSA) is 21.3 Å². The van der Waals surface area contributed by atoms with Gasteiger partial charge in [0.2, 0.25) is 0 Å². The Bertz CT molecular complexity index is 248. The van der Waals surface area contributed by atoms with Gasteiger partial charge in [0.05, 0.1) is 6.61 Å². The molecule has 1 N–H and O–H groups in total. The Balaban J connectivity index is 1.95. The van der Waals surface area contributed by atoms with Gasteiger partial charge in [-0.2, -0.15) is 0 Å². The number of ether oxygens (including phenoxy) is 1. The van der Waals surface area contributed by atoms with Gasteiger partial charge in [0.1, 0.15) is 0 Å². The molecule has 16 heavy (non-hydrogen) atoms. The van der Waals surface area contributed by atoms with Crippen LogP contribution in [-0.4, -0.2) is 26.8 Å². The fourth-order valence-corrected chi connectivity index (χ4v) is 2.46. The SMILES string of the molecule is COCCNCC(C)CCCc1cccs1. The van der Waals surface area contributed by atoms with E-state index in [0.29, 0.717) is 0 Å². The largest absolute Gasteiger partial charge is 0.383 e. The Labute approximate surface area is 103 Å². The van der Waals surface area contributed by atoms with Crippen LogP contribution < -0.4 is 5.32 Å². The molecule has 0 bridgehead atoms. The standard InChI is InChI=1S/C13H23NOS/c1-12(11-14-8-9-15-2)5-3-6-13-7-4-10-16-13/h4,7,10,12,14H,3,5-6,8-9,11H2,1-2H3. The van der Waals surface area contributed by atoms with E-state index >= 15 is 0 Å². The number of hydrogen-bond donors (Lipinski definition) is 1. The predicted octanol–water partition coefficient (Wildman–Crippen LogP) is 2.94. The maximum Gasteiger partial charge on any atom is 0.0587 e. The molecule has 3 heteroatoms. The van der Waals surface area contributed by atoms with Crippen LogP contribution in [0.15, 0.2) is 17.5 Å². The van der Waals surface area contributed by atoms with Crippen molar-refractivity contribution in [1.29, 1.82) is 0 Å². The van der Waals surface area contributed by atoms with Crippen LogP contribution in [0.1, 0.15) is 24.6 Å². The minimum atomic E-state index is 0.761. The third-order valence-corrected chi connectivity index (χ3v) is 3.61. The Kier molecular flexibility index (Phi) is 7.47. The van der Waals surface area contributed by atoms with E-state index in [1.807, 2.05) is 11.3 Å². The Morgan fingerprint density at radius 1 is 1.50 bits per heavy atom. The van der Waals surface area contributed by atoms with Crippen LogP contribution >= 0.6 is 11.3 Å². The highest BCUT2D eigenvalue weighted by Gasteiger charge is 2.02. The third kappa shape index (κ3) is 6.26. The van der Waals surface area contributed by atoms with E-state index in [9.17, 15) is 0 Å². The minimum absolute atomic E-state index is 0.761. The van der Waals surface area contributed by atoms with Crippen molar-refractivity contribution in [2.75, 3.05) is 26.8 Å². The first-order valence-corrected chi connectivity index (χ1v) is 6.93. The quantitative estimate of drug-likeness (QED) is 0.671. The van der Waals surface area contributed by atoms with Crippen molar-refractivity contribution >= 4 is 11.3 Å². The molecule has 0 saturated carbocycles. The molecule has 0 fully saturated rings. The highest BCUT2D eigenvalue weighted by atomic mass is 32.1. The second-order valence-electron chi connectivity index (χ2n) is 4.27. The van der Waals surface area contributed by atoms with E-state index in [2.05, 4.69) is 29.8 Å². The Hall–Kier alpha value is -0.380. The van der Waals surface area contributed by atoms with E-state index < -0.39 is 0 Å². The third-order valence-electron chi connectivity index (χ3n) is 2.68. The molecule has 0 saturated heterocycles. The van der Waals surface area contributed by atoms with Crippen LogP contribution in [0.25, 0.3) is 0 Å². The molecule has 1 rings (SSSR count). The molecule has 0 aromatic carbocycles. The highest BCUT2D eigenvalue weighted by molar-refractivity contribution is 7.09. The number of thiophene rings is 1. The van der Waals surface area contributed by atoms with Crippen LogP contribution in [0.2, 0.25) is 0 Å². The van der Waals surface area contributed by atoms with Crippen molar-refractivity contribution in [2.24, 2.45) is 5.92 Å². The maximum absolute atomic E-state index is 4.99. The lowest BCUT2D eigenvalue weighted by Gasteiger charge is -2.11. The van der Waals surface area contributed by atoms with Crippen molar-refractivity contribution in [2.45, 2.75) is 26.2 Å². The second kappa shape index (κ2) is 8.74. The van der Waals surface area contributed by atoms with Gasteiger partial charge in [-0.05, 0) is 43.2 Å². The normalized spacial score (nSPS) is 12.9. The van der Waals surface area contributed by atoms with Gasteiger partial charge in [-0.1, -0.05) is 13.0 Å². The first-order chi connectivity index (χ1) is 7.83. The zero-order chi connectivity index (χ0) is 11.6. The molecule has 0 amide bonds. The number of rotatable bonds is 9. The highest BCUT2D eigenvalue weighted by Crippen LogP contribution is 2.14. The van der Waals surface area contributed by atoms with Gasteiger partial charge >= 0.3 is 0 Å². The summed E-state index contributed by atoms with van der Waals surface area (Å²) in [6.07, 6.45) is 3.84. The average Bonchev–Trinajstić information content (AvgIpc) is 2.77. The molecule has 0 aliphatic rings. The first kappa shape index (κ1) is 13.7. The zero-order valence-electron chi connectivity index (χ0n) is 10.4. The minimum Gasteiger partial charge on any atom is -0.383 e. The van der Waals surface area contributed by atoms with Crippen LogP contribution in [0, 0.1) is 5.92 Å². The van der Waals surface area contributed by atoms with Crippen LogP contribution in [-0.2, 0) is 11.2 Å². The number of methoxy groups -OCH3 is 1. The summed E-state index contributed by atoms with van der Waals surface area (Å²) in [7, 11) is 1.74. The van der Waals surface area contributed by atoms with Crippen molar-refractivity contribution in [1.82, 2.24) is 5.32 Å². The summed E-state index contributed by atoms with van der Waals surface area (Å²) in [5, 5.41) is 5.57. The molecule has 1 aromatic heterocycles. The number of nitrogens with one attached hydrogen (secondary N) is 1. The molecule has 2 nitrogen and oxygen atoms in total. The summed E-state index contributed by atoms with van der Waals surface area (Å²) in [4.78, 5) is 1.51. The maximum atomic E-state index is 4.99. The second-order valence-corrected chi connectivity index (χ2v) is 5.31. The molecule has 0 spiro atoms. The van der Waals surface area contributed by atoms with Gasteiger partial charge in [-0.25, -0.2) is 0 Å². The summed E-state index contributed by atoms with van der Waals surface area (Å²) in [5.74, 6) is 0.761. The molecular weight excluding hydrogens is 218 g/mol. The van der Waals surface area contributed by atoms with Gasteiger partial charge in [0.15, 0.2) is 0 Å². The van der Waals surface area contributed by atoms with Crippen LogP contribution in [0.5, 0.6) is 0 Å². The van der Waals surface area contributed by atoms with Gasteiger partial charge < -0.3 is 10.1 Å². The van der Waals surface area contributed by atoms with Crippen molar-refractivity contribution in [3.8, 4) is 0 Å². The molecule has 1 unspecified atom stereocenters. The Morgan fingerprint density at radius 3 is 3.06 bits per heavy atom. The lowest BCUT2D eigenvalue weighted by atomic mass is 10.0. The van der Waals surface area contributed by atoms with Crippen molar-refractivity contribution < 1.29 is 4.74 Å². The van der Waals surface area contributed by atoms with E-state index in [1.54, 1.807) is 7.11 Å².